The van der Waals surface area contributed by atoms with E-state index in [0.29, 0.717) is 5.03 Å². The average molecular weight is 214 g/mol. The van der Waals surface area contributed by atoms with E-state index in [9.17, 15) is 4.39 Å². The zero-order valence-electron chi connectivity index (χ0n) is 6.22. The third-order valence-corrected chi connectivity index (χ3v) is 2.79. The maximum absolute atomic E-state index is 12.6. The maximum atomic E-state index is 12.6. The molecule has 13 heavy (non-hydrogen) atoms. The van der Waals surface area contributed by atoms with Crippen LogP contribution in [0, 0.1) is 5.95 Å². The topological polar surface area (TPSA) is 51.6 Å². The predicted octanol–water partition coefficient (Wildman–Crippen LogP) is 1.62. The van der Waals surface area contributed by atoms with Crippen LogP contribution in [-0.2, 0) is 0 Å². The van der Waals surface area contributed by atoms with Crippen molar-refractivity contribution in [3.63, 3.8) is 0 Å². The highest BCUT2D eigenvalue weighted by atomic mass is 32.2. The Bertz CT molecular complexity index is 391. The van der Waals surface area contributed by atoms with Gasteiger partial charge in [-0.25, -0.2) is 15.0 Å². The molecule has 0 atom stereocenters. The zero-order chi connectivity index (χ0) is 9.10. The number of aromatic nitrogens is 4. The van der Waals surface area contributed by atoms with Crippen LogP contribution < -0.4 is 0 Å². The number of hydrogen-bond acceptors (Lipinski definition) is 6. The van der Waals surface area contributed by atoms with Crippen LogP contribution in [0.25, 0.3) is 0 Å². The molecule has 0 aliphatic heterocycles. The summed E-state index contributed by atoms with van der Waals surface area (Å²) in [5.41, 5.74) is 0. The lowest BCUT2D eigenvalue weighted by molar-refractivity contribution is 0.572. The van der Waals surface area contributed by atoms with Crippen LogP contribution >= 0.6 is 23.3 Å². The molecular weight excluding hydrogens is 211 g/mol. The molecule has 2 rings (SSSR count). The van der Waals surface area contributed by atoms with Gasteiger partial charge in [-0.1, -0.05) is 0 Å². The van der Waals surface area contributed by atoms with Crippen LogP contribution in [0.3, 0.4) is 0 Å². The van der Waals surface area contributed by atoms with E-state index in [4.69, 9.17) is 0 Å². The lowest BCUT2D eigenvalue weighted by Crippen LogP contribution is -1.85. The van der Waals surface area contributed by atoms with Gasteiger partial charge in [0, 0.05) is 6.07 Å². The Balaban J connectivity index is 2.19. The molecular formula is C6H3FN4S2. The first-order chi connectivity index (χ1) is 6.34. The van der Waals surface area contributed by atoms with Gasteiger partial charge in [0.2, 0.25) is 5.95 Å². The summed E-state index contributed by atoms with van der Waals surface area (Å²) in [5, 5.41) is 0.532. The molecule has 2 heterocycles. The lowest BCUT2D eigenvalue weighted by Gasteiger charge is -1.93. The molecule has 0 amide bonds. The lowest BCUT2D eigenvalue weighted by atomic mass is 10.7. The van der Waals surface area contributed by atoms with E-state index in [1.807, 2.05) is 0 Å². The van der Waals surface area contributed by atoms with Crippen molar-refractivity contribution in [1.82, 2.24) is 19.3 Å². The number of rotatable bonds is 2. The molecule has 2 aromatic heterocycles. The molecule has 0 aliphatic carbocycles. The van der Waals surface area contributed by atoms with E-state index in [2.05, 4.69) is 19.3 Å². The molecule has 0 fully saturated rings. The Hall–Kier alpha value is -1.08. The van der Waals surface area contributed by atoms with Gasteiger partial charge >= 0.3 is 0 Å². The van der Waals surface area contributed by atoms with E-state index >= 15 is 0 Å². The molecule has 0 N–H and O–H groups in total. The molecule has 0 unspecified atom stereocenters. The minimum atomic E-state index is -0.540. The van der Waals surface area contributed by atoms with Crippen molar-refractivity contribution in [2.75, 3.05) is 0 Å². The second-order valence-corrected chi connectivity index (χ2v) is 4.04. The fourth-order valence-electron chi connectivity index (χ4n) is 0.671. The largest absolute Gasteiger partial charge is 0.229 e. The maximum Gasteiger partial charge on any atom is 0.217 e. The van der Waals surface area contributed by atoms with Crippen LogP contribution in [0.2, 0.25) is 0 Å². The molecule has 2 aromatic rings. The Morgan fingerprint density at radius 2 is 2.15 bits per heavy atom. The highest BCUT2D eigenvalue weighted by Gasteiger charge is 2.02. The molecule has 0 saturated heterocycles. The summed E-state index contributed by atoms with van der Waals surface area (Å²) >= 11 is 2.50. The Morgan fingerprint density at radius 3 is 2.85 bits per heavy atom. The SMILES string of the molecule is Fc1cc(Sc2ncns2)ncn1. The molecule has 0 aliphatic rings. The van der Waals surface area contributed by atoms with Gasteiger partial charge in [-0.05, 0) is 23.3 Å². The molecule has 7 heteroatoms. The van der Waals surface area contributed by atoms with Crippen LogP contribution in [-0.4, -0.2) is 19.3 Å². The van der Waals surface area contributed by atoms with Crippen molar-refractivity contribution >= 4 is 23.3 Å². The van der Waals surface area contributed by atoms with Crippen LogP contribution in [0.15, 0.2) is 28.1 Å². The van der Waals surface area contributed by atoms with E-state index in [0.717, 1.165) is 4.34 Å². The molecule has 0 bridgehead atoms. The van der Waals surface area contributed by atoms with Crippen LogP contribution in [0.4, 0.5) is 4.39 Å². The van der Waals surface area contributed by atoms with Gasteiger partial charge in [0.25, 0.3) is 0 Å². The summed E-state index contributed by atoms with van der Waals surface area (Å²) in [6.45, 7) is 0. The highest BCUT2D eigenvalue weighted by Crippen LogP contribution is 2.25. The quantitative estimate of drug-likeness (QED) is 0.711. The van der Waals surface area contributed by atoms with E-state index in [1.165, 1.54) is 42.0 Å². The molecule has 0 spiro atoms. The van der Waals surface area contributed by atoms with Crippen molar-refractivity contribution in [3.8, 4) is 0 Å². The van der Waals surface area contributed by atoms with Crippen molar-refractivity contribution in [1.29, 1.82) is 0 Å². The van der Waals surface area contributed by atoms with Crippen LogP contribution in [0.5, 0.6) is 0 Å². The van der Waals surface area contributed by atoms with Gasteiger partial charge in [-0.2, -0.15) is 8.76 Å². The fraction of sp³-hybridized carbons (Fsp3) is 0. The average Bonchev–Trinajstić information content (AvgIpc) is 2.57. The van der Waals surface area contributed by atoms with Gasteiger partial charge in [-0.3, -0.25) is 0 Å². The standard InChI is InChI=1S/C6H3FN4S2/c7-4-1-5(9-2-8-4)12-6-10-3-11-13-6/h1-3H. The Morgan fingerprint density at radius 1 is 1.23 bits per heavy atom. The Kier molecular flexibility index (Phi) is 2.46. The highest BCUT2D eigenvalue weighted by molar-refractivity contribution is 8.00. The third-order valence-electron chi connectivity index (χ3n) is 1.14. The second kappa shape index (κ2) is 3.75. The van der Waals surface area contributed by atoms with Crippen molar-refractivity contribution < 1.29 is 4.39 Å². The Labute approximate surface area is 81.4 Å². The number of halogens is 1. The molecule has 66 valence electrons. The first kappa shape index (κ1) is 8.52. The van der Waals surface area contributed by atoms with Gasteiger partial charge in [0.15, 0.2) is 4.34 Å². The number of hydrogen-bond donors (Lipinski definition) is 0. The van der Waals surface area contributed by atoms with Crippen molar-refractivity contribution in [2.45, 2.75) is 9.37 Å². The first-order valence-electron chi connectivity index (χ1n) is 3.26. The summed E-state index contributed by atoms with van der Waals surface area (Å²) in [6, 6.07) is 1.26. The molecule has 0 radical (unpaired) electrons. The van der Waals surface area contributed by atoms with Crippen LogP contribution in [0.1, 0.15) is 0 Å². The first-order valence-corrected chi connectivity index (χ1v) is 4.85. The van der Waals surface area contributed by atoms with E-state index in [1.54, 1.807) is 0 Å². The fourth-order valence-corrected chi connectivity index (χ4v) is 2.02. The normalized spacial score (nSPS) is 10.2. The second-order valence-electron chi connectivity index (χ2n) is 1.99. The molecule has 0 aromatic carbocycles. The number of nitrogens with zero attached hydrogens (tertiary/aromatic N) is 4. The van der Waals surface area contributed by atoms with Gasteiger partial charge in [0.1, 0.15) is 17.7 Å². The van der Waals surface area contributed by atoms with Gasteiger partial charge in [-0.15, -0.1) is 0 Å². The molecule has 0 saturated carbocycles. The smallest absolute Gasteiger partial charge is 0.217 e. The predicted molar refractivity (Wildman–Crippen MR) is 46.0 cm³/mol. The van der Waals surface area contributed by atoms with E-state index in [-0.39, 0.29) is 0 Å². The minimum absolute atomic E-state index is 0.532. The van der Waals surface area contributed by atoms with Gasteiger partial charge < -0.3 is 0 Å². The van der Waals surface area contributed by atoms with Crippen molar-refractivity contribution in [2.24, 2.45) is 0 Å². The van der Waals surface area contributed by atoms with Gasteiger partial charge in [0.05, 0.1) is 0 Å². The summed E-state index contributed by atoms with van der Waals surface area (Å²) in [5.74, 6) is -0.540. The van der Waals surface area contributed by atoms with Crippen molar-refractivity contribution in [3.05, 3.63) is 24.7 Å². The summed E-state index contributed by atoms with van der Waals surface area (Å²) in [4.78, 5) is 11.1. The summed E-state index contributed by atoms with van der Waals surface area (Å²) < 4.78 is 17.1. The summed E-state index contributed by atoms with van der Waals surface area (Å²) in [7, 11) is 0. The zero-order valence-corrected chi connectivity index (χ0v) is 7.85. The summed E-state index contributed by atoms with van der Waals surface area (Å²) in [6.07, 6.45) is 2.63. The third kappa shape index (κ3) is 2.19. The molecule has 4 nitrogen and oxygen atoms in total. The minimum Gasteiger partial charge on any atom is -0.229 e. The van der Waals surface area contributed by atoms with E-state index < -0.39 is 5.95 Å². The monoisotopic (exact) mass is 214 g/mol.